The number of halogens is 2. The molecule has 0 spiro atoms. The highest BCUT2D eigenvalue weighted by molar-refractivity contribution is 7.49. The van der Waals surface area contributed by atoms with Crippen molar-refractivity contribution in [2.45, 2.75) is 45.3 Å². The zero-order chi connectivity index (χ0) is 21.6. The number of hydrogen-bond acceptors (Lipinski definition) is 6. The van der Waals surface area contributed by atoms with Crippen molar-refractivity contribution in [3.05, 3.63) is 34.7 Å². The van der Waals surface area contributed by atoms with Gasteiger partial charge in [-0.1, -0.05) is 13.0 Å². The maximum atomic E-state index is 13.3. The number of rotatable bonds is 11. The highest BCUT2D eigenvalue weighted by Gasteiger charge is 2.26. The molecule has 2 unspecified atom stereocenters. The summed E-state index contributed by atoms with van der Waals surface area (Å²) in [6.07, 6.45) is 0.968. The lowest BCUT2D eigenvalue weighted by atomic mass is 10.2. The van der Waals surface area contributed by atoms with Crippen molar-refractivity contribution >= 4 is 41.7 Å². The average molecular weight is 447 g/mol. The lowest BCUT2D eigenvalue weighted by molar-refractivity contribution is -0.145. The fraction of sp³-hybridized carbons (Fsp3) is 0.474. The summed E-state index contributed by atoms with van der Waals surface area (Å²) < 4.78 is 37.9. The summed E-state index contributed by atoms with van der Waals surface area (Å²) in [7, 11) is -1.59. The maximum absolute atomic E-state index is 13.3. The molecule has 29 heavy (non-hydrogen) atoms. The Bertz CT molecular complexity index is 855. The molecule has 2 N–H and O–H groups in total. The van der Waals surface area contributed by atoms with Crippen LogP contribution in [0.4, 0.5) is 8.78 Å². The molecule has 2 rings (SSSR count). The first-order valence-corrected chi connectivity index (χ1v) is 11.3. The SMILES string of the molecule is CCCOC(=O)C(C)NP(Cc1ccc2sc(C(=O)O)cc2c1)OCC(C)(F)F. The number of nitrogens with one attached hydrogen (secondary N) is 1. The van der Waals surface area contributed by atoms with Crippen LogP contribution in [0.25, 0.3) is 10.1 Å². The standard InChI is InChI=1S/C19H24F2NO5PS/c1-4-7-26-18(25)12(2)22-28(27-11-19(3,20)21)10-13-5-6-15-14(8-13)9-16(29-15)17(23)24/h5-6,8-9,12,22H,4,7,10-11H2,1-3H3,(H,23,24). The molecule has 0 saturated heterocycles. The number of ether oxygens (including phenoxy) is 1. The quantitative estimate of drug-likeness (QED) is 0.372. The second-order valence-electron chi connectivity index (χ2n) is 6.69. The molecule has 0 aliphatic heterocycles. The van der Waals surface area contributed by atoms with Crippen LogP contribution in [0, 0.1) is 0 Å². The summed E-state index contributed by atoms with van der Waals surface area (Å²) >= 11 is 1.17. The molecule has 10 heteroatoms. The van der Waals surface area contributed by atoms with E-state index in [0.717, 1.165) is 22.6 Å². The van der Waals surface area contributed by atoms with Gasteiger partial charge in [0.25, 0.3) is 5.92 Å². The smallest absolute Gasteiger partial charge is 0.345 e. The lowest BCUT2D eigenvalue weighted by Crippen LogP contribution is -2.33. The molecule has 0 fully saturated rings. The minimum absolute atomic E-state index is 0.228. The van der Waals surface area contributed by atoms with Gasteiger partial charge in [0.15, 0.2) is 0 Å². The second-order valence-corrected chi connectivity index (χ2v) is 9.36. The van der Waals surface area contributed by atoms with Crippen LogP contribution >= 0.6 is 19.6 Å². The van der Waals surface area contributed by atoms with Crippen molar-refractivity contribution in [3.63, 3.8) is 0 Å². The molecule has 2 aromatic rings. The first kappa shape index (κ1) is 23.6. The van der Waals surface area contributed by atoms with Crippen molar-refractivity contribution in [3.8, 4) is 0 Å². The molecule has 1 heterocycles. The number of carbonyl (C=O) groups is 2. The van der Waals surface area contributed by atoms with E-state index in [2.05, 4.69) is 5.09 Å². The van der Waals surface area contributed by atoms with Crippen LogP contribution < -0.4 is 5.09 Å². The predicted octanol–water partition coefficient (Wildman–Crippen LogP) is 5.01. The van der Waals surface area contributed by atoms with E-state index in [9.17, 15) is 18.4 Å². The lowest BCUT2D eigenvalue weighted by Gasteiger charge is -2.24. The van der Waals surface area contributed by atoms with Crippen molar-refractivity contribution in [2.24, 2.45) is 0 Å². The van der Waals surface area contributed by atoms with Gasteiger partial charge in [-0.2, -0.15) is 0 Å². The summed E-state index contributed by atoms with van der Waals surface area (Å²) in [6, 6.07) is 6.27. The number of fused-ring (bicyclic) bond motifs is 1. The van der Waals surface area contributed by atoms with E-state index in [4.69, 9.17) is 14.4 Å². The maximum Gasteiger partial charge on any atom is 0.345 e. The molecule has 0 aliphatic rings. The van der Waals surface area contributed by atoms with Gasteiger partial charge < -0.3 is 14.4 Å². The molecule has 6 nitrogen and oxygen atoms in total. The average Bonchev–Trinajstić information content (AvgIpc) is 3.07. The topological polar surface area (TPSA) is 84.9 Å². The third-order valence-electron chi connectivity index (χ3n) is 3.73. The molecule has 0 aliphatic carbocycles. The monoisotopic (exact) mass is 447 g/mol. The molecule has 1 aromatic heterocycles. The Morgan fingerprint density at radius 3 is 2.69 bits per heavy atom. The Labute approximate surface area is 173 Å². The second kappa shape index (κ2) is 10.4. The largest absolute Gasteiger partial charge is 0.477 e. The number of thiophene rings is 1. The normalized spacial score (nSPS) is 14.0. The molecule has 0 amide bonds. The molecule has 2 atom stereocenters. The molecular formula is C19H24F2NO5PS. The number of carboxylic acids is 1. The van der Waals surface area contributed by atoms with Crippen LogP contribution in [0.1, 0.15) is 42.4 Å². The van der Waals surface area contributed by atoms with Gasteiger partial charge in [-0.25, -0.2) is 13.6 Å². The summed E-state index contributed by atoms with van der Waals surface area (Å²) in [6.45, 7) is 3.76. The summed E-state index contributed by atoms with van der Waals surface area (Å²) in [5.74, 6) is -4.46. The highest BCUT2D eigenvalue weighted by atomic mass is 32.1. The molecule has 0 saturated carbocycles. The van der Waals surface area contributed by atoms with Gasteiger partial charge in [0.2, 0.25) is 0 Å². The van der Waals surface area contributed by atoms with Gasteiger partial charge in [0.1, 0.15) is 25.8 Å². The van der Waals surface area contributed by atoms with Gasteiger partial charge in [0.05, 0.1) is 6.61 Å². The Morgan fingerprint density at radius 2 is 2.07 bits per heavy atom. The number of carboxylic acid groups (broad SMARTS) is 1. The van der Waals surface area contributed by atoms with E-state index in [1.807, 2.05) is 13.0 Å². The summed E-state index contributed by atoms with van der Waals surface area (Å²) in [4.78, 5) is 23.4. The van der Waals surface area contributed by atoms with Crippen LogP contribution in [0.15, 0.2) is 24.3 Å². The van der Waals surface area contributed by atoms with Crippen molar-refractivity contribution in [1.29, 1.82) is 0 Å². The Morgan fingerprint density at radius 1 is 1.34 bits per heavy atom. The zero-order valence-corrected chi connectivity index (χ0v) is 18.1. The van der Waals surface area contributed by atoms with Gasteiger partial charge in [-0.15, -0.1) is 11.3 Å². The van der Waals surface area contributed by atoms with Crippen molar-refractivity contribution < 1.29 is 32.7 Å². The fourth-order valence-corrected chi connectivity index (χ4v) is 4.97. The molecule has 0 radical (unpaired) electrons. The van der Waals surface area contributed by atoms with Crippen molar-refractivity contribution in [2.75, 3.05) is 13.2 Å². The fourth-order valence-electron chi connectivity index (χ4n) is 2.38. The van der Waals surface area contributed by atoms with Crippen molar-refractivity contribution in [1.82, 2.24) is 5.09 Å². The molecular weight excluding hydrogens is 423 g/mol. The van der Waals surface area contributed by atoms with Gasteiger partial charge >= 0.3 is 11.9 Å². The minimum atomic E-state index is -3.00. The predicted molar refractivity (Wildman–Crippen MR) is 110 cm³/mol. The van der Waals surface area contributed by atoms with E-state index in [1.54, 1.807) is 25.1 Å². The van der Waals surface area contributed by atoms with Crippen LogP contribution in [0.3, 0.4) is 0 Å². The number of benzene rings is 1. The Hall–Kier alpha value is -1.67. The first-order chi connectivity index (χ1) is 13.6. The number of carbonyl (C=O) groups excluding carboxylic acids is 1. The Kier molecular flexibility index (Phi) is 8.46. The Balaban J connectivity index is 2.14. The van der Waals surface area contributed by atoms with Crippen LogP contribution in [0.2, 0.25) is 0 Å². The van der Waals surface area contributed by atoms with E-state index >= 15 is 0 Å². The van der Waals surface area contributed by atoms with E-state index < -0.39 is 38.8 Å². The molecule has 1 aromatic carbocycles. The minimum Gasteiger partial charge on any atom is -0.477 e. The zero-order valence-electron chi connectivity index (χ0n) is 16.4. The summed E-state index contributed by atoms with van der Waals surface area (Å²) in [5, 5.41) is 12.8. The molecule has 160 valence electrons. The third-order valence-corrected chi connectivity index (χ3v) is 6.60. The van der Waals surface area contributed by atoms with Gasteiger partial charge in [-0.05, 0) is 42.5 Å². The number of esters is 1. The van der Waals surface area contributed by atoms with Crippen LogP contribution in [-0.2, 0) is 20.2 Å². The van der Waals surface area contributed by atoms with Gasteiger partial charge in [0, 0.05) is 17.8 Å². The van der Waals surface area contributed by atoms with E-state index in [1.165, 1.54) is 11.3 Å². The highest BCUT2D eigenvalue weighted by Crippen LogP contribution is 2.40. The third kappa shape index (κ3) is 7.59. The molecule has 0 bridgehead atoms. The van der Waals surface area contributed by atoms with Gasteiger partial charge in [-0.3, -0.25) is 9.88 Å². The van der Waals surface area contributed by atoms with E-state index in [0.29, 0.717) is 6.42 Å². The summed E-state index contributed by atoms with van der Waals surface area (Å²) in [5.41, 5.74) is 0.791. The van der Waals surface area contributed by atoms with Crippen LogP contribution in [-0.4, -0.2) is 42.2 Å². The number of hydrogen-bond donors (Lipinski definition) is 2. The number of alkyl halides is 2. The number of aromatic carboxylic acids is 1. The van der Waals surface area contributed by atoms with E-state index in [-0.39, 0.29) is 17.6 Å². The van der Waals surface area contributed by atoms with Crippen LogP contribution in [0.5, 0.6) is 0 Å². The first-order valence-electron chi connectivity index (χ1n) is 9.06.